The molecule has 0 N–H and O–H groups in total. The maximum Gasteiger partial charge on any atom is 0.277 e. The highest BCUT2D eigenvalue weighted by Crippen LogP contribution is 2.02. The van der Waals surface area contributed by atoms with Gasteiger partial charge in [0.2, 0.25) is 0 Å². The van der Waals surface area contributed by atoms with Gasteiger partial charge < -0.3 is 4.57 Å². The molecule has 0 bridgehead atoms. The summed E-state index contributed by atoms with van der Waals surface area (Å²) >= 11 is 0. The van der Waals surface area contributed by atoms with Crippen molar-refractivity contribution in [3.63, 3.8) is 0 Å². The fraction of sp³-hybridized carbons (Fsp3) is 0.250. The van der Waals surface area contributed by atoms with Crippen molar-refractivity contribution >= 4 is 0 Å². The first-order valence-electron chi connectivity index (χ1n) is 3.69. The predicted octanol–water partition coefficient (Wildman–Crippen LogP) is 0.317. The second-order valence-corrected chi connectivity index (χ2v) is 2.82. The smallest absolute Gasteiger partial charge is 0.277 e. The van der Waals surface area contributed by atoms with Crippen LogP contribution in [-0.4, -0.2) is 14.1 Å². The minimum Gasteiger partial charge on any atom is -0.352 e. The van der Waals surface area contributed by atoms with Gasteiger partial charge in [-0.25, -0.2) is 4.98 Å². The van der Waals surface area contributed by atoms with Crippen LogP contribution in [0.4, 0.5) is 0 Å². The molecular weight excluding hydrogens is 154 g/mol. The van der Waals surface area contributed by atoms with Gasteiger partial charge in [0.15, 0.2) is 5.82 Å². The van der Waals surface area contributed by atoms with E-state index in [1.165, 1.54) is 4.57 Å². The van der Waals surface area contributed by atoms with Gasteiger partial charge in [0, 0.05) is 25.6 Å². The first-order chi connectivity index (χ1) is 5.68. The summed E-state index contributed by atoms with van der Waals surface area (Å²) in [5.41, 5.74) is 0.506. The topological polar surface area (TPSA) is 39.8 Å². The summed E-state index contributed by atoms with van der Waals surface area (Å²) in [6.07, 6.45) is 5.35. The normalized spacial score (nSPS) is 10.8. The van der Waals surface area contributed by atoms with Crippen LogP contribution in [0.15, 0.2) is 23.4 Å². The fourth-order valence-corrected chi connectivity index (χ4v) is 1.18. The van der Waals surface area contributed by atoms with E-state index in [9.17, 15) is 4.79 Å². The molecule has 0 aromatic rings. The molecule has 2 heterocycles. The molecular formula is C8H9N3O. The number of hydrogen-bond acceptors (Lipinski definition) is 2. The van der Waals surface area contributed by atoms with Gasteiger partial charge in [-0.1, -0.05) is 0 Å². The Kier molecular flexibility index (Phi) is 1.30. The Labute approximate surface area is 69.4 Å². The molecule has 4 heteroatoms. The molecule has 4 nitrogen and oxygen atoms in total. The molecule has 0 saturated heterocycles. The zero-order chi connectivity index (χ0) is 8.72. The molecule has 62 valence electrons. The highest BCUT2D eigenvalue weighted by Gasteiger charge is 2.08. The quantitative estimate of drug-likeness (QED) is 0.561. The van der Waals surface area contributed by atoms with Gasteiger partial charge >= 0.3 is 0 Å². The Morgan fingerprint density at radius 3 is 2.92 bits per heavy atom. The van der Waals surface area contributed by atoms with Crippen molar-refractivity contribution in [1.29, 1.82) is 0 Å². The largest absolute Gasteiger partial charge is 0.352 e. The van der Waals surface area contributed by atoms with Crippen LogP contribution >= 0.6 is 0 Å². The minimum atomic E-state index is -0.0365. The summed E-state index contributed by atoms with van der Waals surface area (Å²) in [5.74, 6) is 0.697. The van der Waals surface area contributed by atoms with E-state index in [-0.39, 0.29) is 5.56 Å². The fourth-order valence-electron chi connectivity index (χ4n) is 1.18. The van der Waals surface area contributed by atoms with E-state index < -0.39 is 0 Å². The van der Waals surface area contributed by atoms with Crippen LogP contribution in [-0.2, 0) is 7.05 Å². The van der Waals surface area contributed by atoms with Gasteiger partial charge in [0.05, 0.1) is 0 Å². The average molecular weight is 163 g/mol. The van der Waals surface area contributed by atoms with Crippen LogP contribution in [0, 0.1) is 6.92 Å². The molecule has 0 saturated carbocycles. The second kappa shape index (κ2) is 2.20. The van der Waals surface area contributed by atoms with Crippen LogP contribution in [0.1, 0.15) is 5.69 Å². The highest BCUT2D eigenvalue weighted by molar-refractivity contribution is 5.24. The Balaban J connectivity index is 2.87. The SMILES string of the molecule is Cc1nc2cn(C)ccn-2c1=O. The summed E-state index contributed by atoms with van der Waals surface area (Å²) in [5, 5.41) is 0. The van der Waals surface area contributed by atoms with Crippen molar-refractivity contribution in [3.8, 4) is 5.82 Å². The third-order valence-corrected chi connectivity index (χ3v) is 1.83. The molecule has 2 rings (SSSR count). The molecule has 0 radical (unpaired) electrons. The maximum absolute atomic E-state index is 11.3. The maximum atomic E-state index is 11.3. The molecule has 2 aliphatic rings. The first-order valence-corrected chi connectivity index (χ1v) is 3.69. The van der Waals surface area contributed by atoms with Crippen LogP contribution < -0.4 is 5.56 Å². The molecule has 0 spiro atoms. The second-order valence-electron chi connectivity index (χ2n) is 2.82. The van der Waals surface area contributed by atoms with E-state index in [2.05, 4.69) is 4.98 Å². The molecule has 0 fully saturated rings. The van der Waals surface area contributed by atoms with Crippen molar-refractivity contribution in [2.24, 2.45) is 7.05 Å². The molecule has 0 aromatic heterocycles. The summed E-state index contributed by atoms with van der Waals surface area (Å²) < 4.78 is 3.40. The lowest BCUT2D eigenvalue weighted by molar-refractivity contribution is 0.837. The molecule has 0 unspecified atom stereocenters. The van der Waals surface area contributed by atoms with Crippen LogP contribution in [0.2, 0.25) is 0 Å². The number of aromatic nitrogens is 3. The van der Waals surface area contributed by atoms with Gasteiger partial charge in [-0.2, -0.15) is 0 Å². The highest BCUT2D eigenvalue weighted by atomic mass is 16.1. The molecule has 0 aliphatic carbocycles. The number of imidazole rings is 1. The van der Waals surface area contributed by atoms with Gasteiger partial charge in [0.25, 0.3) is 5.56 Å². The molecule has 12 heavy (non-hydrogen) atoms. The standard InChI is InChI=1S/C8H9N3O/c1-6-8(12)11-4-3-10(2)5-7(11)9-6/h3-5H,1-2H3. The van der Waals surface area contributed by atoms with Crippen LogP contribution in [0.25, 0.3) is 5.82 Å². The van der Waals surface area contributed by atoms with Crippen LogP contribution in [0.5, 0.6) is 0 Å². The lowest BCUT2D eigenvalue weighted by Gasteiger charge is -2.02. The Morgan fingerprint density at radius 2 is 2.17 bits per heavy atom. The van der Waals surface area contributed by atoms with E-state index >= 15 is 0 Å². The number of hydrogen-bond donors (Lipinski definition) is 0. The van der Waals surface area contributed by atoms with Gasteiger partial charge in [-0.3, -0.25) is 9.36 Å². The third kappa shape index (κ3) is 0.845. The molecule has 0 atom stereocenters. The Hall–Kier alpha value is -1.58. The predicted molar refractivity (Wildman–Crippen MR) is 44.7 cm³/mol. The summed E-state index contributed by atoms with van der Waals surface area (Å²) in [4.78, 5) is 15.4. The molecule has 0 amide bonds. The van der Waals surface area contributed by atoms with Gasteiger partial charge in [0.1, 0.15) is 5.69 Å². The Morgan fingerprint density at radius 1 is 1.42 bits per heavy atom. The Bertz CT molecular complexity index is 440. The minimum absolute atomic E-state index is 0.0365. The number of aryl methyl sites for hydroxylation is 2. The number of fused-ring (bicyclic) bond motifs is 1. The molecule has 0 aromatic carbocycles. The monoisotopic (exact) mass is 163 g/mol. The van der Waals surface area contributed by atoms with E-state index in [1.807, 2.05) is 24.0 Å². The lowest BCUT2D eigenvalue weighted by atomic mass is 10.5. The average Bonchev–Trinajstić information content (AvgIpc) is 2.28. The van der Waals surface area contributed by atoms with E-state index in [4.69, 9.17) is 0 Å². The number of rotatable bonds is 0. The van der Waals surface area contributed by atoms with E-state index in [1.54, 1.807) is 13.1 Å². The van der Waals surface area contributed by atoms with Crippen molar-refractivity contribution in [2.45, 2.75) is 6.92 Å². The van der Waals surface area contributed by atoms with Gasteiger partial charge in [-0.05, 0) is 6.92 Å². The summed E-state index contributed by atoms with van der Waals surface area (Å²) in [6, 6.07) is 0. The van der Waals surface area contributed by atoms with Crippen LogP contribution in [0.3, 0.4) is 0 Å². The van der Waals surface area contributed by atoms with Gasteiger partial charge in [-0.15, -0.1) is 0 Å². The molecule has 2 aliphatic heterocycles. The van der Waals surface area contributed by atoms with Crippen molar-refractivity contribution in [2.75, 3.05) is 0 Å². The lowest BCUT2D eigenvalue weighted by Crippen LogP contribution is -2.14. The van der Waals surface area contributed by atoms with Crippen molar-refractivity contribution in [3.05, 3.63) is 34.6 Å². The third-order valence-electron chi connectivity index (χ3n) is 1.83. The summed E-state index contributed by atoms with van der Waals surface area (Å²) in [7, 11) is 1.90. The zero-order valence-electron chi connectivity index (χ0n) is 6.98. The zero-order valence-corrected chi connectivity index (χ0v) is 6.98. The number of nitrogens with zero attached hydrogens (tertiary/aromatic N) is 3. The van der Waals surface area contributed by atoms with E-state index in [0.717, 1.165) is 0 Å². The van der Waals surface area contributed by atoms with Crippen molar-refractivity contribution in [1.82, 2.24) is 14.1 Å². The summed E-state index contributed by atoms with van der Waals surface area (Å²) in [6.45, 7) is 1.72. The first kappa shape index (κ1) is 7.09. The van der Waals surface area contributed by atoms with Crippen molar-refractivity contribution < 1.29 is 0 Å². The van der Waals surface area contributed by atoms with E-state index in [0.29, 0.717) is 11.5 Å².